The number of aromatic nitrogens is 4. The van der Waals surface area contributed by atoms with Crippen LogP contribution in [0.4, 0.5) is 32.2 Å². The maximum atomic E-state index is 12.7. The molecule has 3 aromatic heterocycles. The van der Waals surface area contributed by atoms with Crippen LogP contribution in [-0.2, 0) is 16.1 Å². The quantitative estimate of drug-likeness (QED) is 0.258. The summed E-state index contributed by atoms with van der Waals surface area (Å²) in [5.41, 5.74) is 3.67. The van der Waals surface area contributed by atoms with Crippen molar-refractivity contribution < 1.29 is 50.9 Å². The van der Waals surface area contributed by atoms with E-state index < -0.39 is 24.3 Å². The number of aliphatic carboxylic acids is 2. The highest BCUT2D eigenvalue weighted by Gasteiger charge is 2.39. The summed E-state index contributed by atoms with van der Waals surface area (Å²) in [5, 5.41) is 25.9. The Morgan fingerprint density at radius 1 is 0.911 bits per heavy atom. The number of anilines is 1. The van der Waals surface area contributed by atoms with Crippen molar-refractivity contribution in [2.24, 2.45) is 0 Å². The number of alkyl halides is 6. The number of pyridine rings is 2. The van der Waals surface area contributed by atoms with E-state index in [1.165, 1.54) is 5.56 Å². The molecule has 4 heterocycles. The lowest BCUT2D eigenvalue weighted by Gasteiger charge is -2.15. The number of nitrogens with zero attached hydrogens (tertiary/aromatic N) is 5. The lowest BCUT2D eigenvalue weighted by Crippen LogP contribution is -2.21. The Balaban J connectivity index is 0.000000331. The van der Waals surface area contributed by atoms with E-state index in [1.54, 1.807) is 18.3 Å². The Morgan fingerprint density at radius 3 is 2.09 bits per heavy atom. The molecule has 4 aromatic rings. The molecular formula is C28H26F6N6O5. The predicted molar refractivity (Wildman–Crippen MR) is 146 cm³/mol. The van der Waals surface area contributed by atoms with Gasteiger partial charge in [0.1, 0.15) is 11.6 Å². The minimum absolute atomic E-state index is 0.199. The average Bonchev–Trinajstić information content (AvgIpc) is 3.61. The highest BCUT2D eigenvalue weighted by Crippen LogP contribution is 2.27. The number of aryl methyl sites for hydroxylation is 1. The van der Waals surface area contributed by atoms with Crippen molar-refractivity contribution in [2.75, 3.05) is 18.4 Å². The molecule has 1 aromatic carbocycles. The van der Waals surface area contributed by atoms with E-state index in [0.717, 1.165) is 43.1 Å². The SMILES string of the molecule is Cc1ccc(NC(=O)c2ccc3nnc(C4CCN(Cc5ccccc5)C4)n3c2)nc1.O=C(O)C(F)(F)F.O=C(O)C(F)(F)F. The number of rotatable bonds is 5. The highest BCUT2D eigenvalue weighted by atomic mass is 19.4. The molecule has 0 aliphatic carbocycles. The van der Waals surface area contributed by atoms with Crippen LogP contribution in [0.5, 0.6) is 0 Å². The molecule has 45 heavy (non-hydrogen) atoms. The van der Waals surface area contributed by atoms with Crippen LogP contribution in [0.25, 0.3) is 5.65 Å². The average molecular weight is 641 g/mol. The smallest absolute Gasteiger partial charge is 0.475 e. The number of likely N-dealkylation sites (tertiary alicyclic amines) is 1. The lowest BCUT2D eigenvalue weighted by atomic mass is 10.1. The van der Waals surface area contributed by atoms with Gasteiger partial charge >= 0.3 is 24.3 Å². The molecule has 240 valence electrons. The minimum Gasteiger partial charge on any atom is -0.475 e. The Morgan fingerprint density at radius 2 is 1.53 bits per heavy atom. The van der Waals surface area contributed by atoms with Crippen LogP contribution in [0.3, 0.4) is 0 Å². The van der Waals surface area contributed by atoms with Crippen LogP contribution in [-0.4, -0.2) is 78.0 Å². The molecule has 3 N–H and O–H groups in total. The number of carbonyl (C=O) groups is 3. The molecule has 0 spiro atoms. The van der Waals surface area contributed by atoms with Crippen LogP contribution >= 0.6 is 0 Å². The zero-order valence-corrected chi connectivity index (χ0v) is 23.4. The van der Waals surface area contributed by atoms with Gasteiger partial charge in [-0.3, -0.25) is 14.1 Å². The third-order valence-electron chi connectivity index (χ3n) is 6.22. The standard InChI is InChI=1S/C24H24N6O.2C2HF3O2/c1-17-7-9-21(25-13-17)26-24(31)20-8-10-22-27-28-23(30(22)16-20)19-11-12-29(15-19)14-18-5-3-2-4-6-18;2*3-2(4,5)1(6)7/h2-10,13,16,19H,11-12,14-15H2,1H3,(H,25,26,31);2*(H,6,7). The molecule has 1 aliphatic rings. The largest absolute Gasteiger partial charge is 0.490 e. The first-order valence-corrected chi connectivity index (χ1v) is 13.0. The Labute approximate surface area is 251 Å². The van der Waals surface area contributed by atoms with Gasteiger partial charge in [0.25, 0.3) is 5.91 Å². The van der Waals surface area contributed by atoms with E-state index in [-0.39, 0.29) is 11.8 Å². The van der Waals surface area contributed by atoms with Crippen molar-refractivity contribution in [3.8, 4) is 0 Å². The molecule has 1 amide bonds. The summed E-state index contributed by atoms with van der Waals surface area (Å²) < 4.78 is 65.4. The first-order valence-electron chi connectivity index (χ1n) is 13.0. The zero-order valence-electron chi connectivity index (χ0n) is 23.4. The summed E-state index contributed by atoms with van der Waals surface area (Å²) in [5.74, 6) is -3.98. The van der Waals surface area contributed by atoms with Crippen LogP contribution < -0.4 is 5.32 Å². The van der Waals surface area contributed by atoms with Crippen LogP contribution in [0, 0.1) is 6.92 Å². The van der Waals surface area contributed by atoms with E-state index in [1.807, 2.05) is 35.7 Å². The number of amides is 1. The predicted octanol–water partition coefficient (Wildman–Crippen LogP) is 4.94. The summed E-state index contributed by atoms with van der Waals surface area (Å²) in [6.07, 6.45) is -5.58. The van der Waals surface area contributed by atoms with Crippen molar-refractivity contribution >= 4 is 29.3 Å². The Bertz CT molecular complexity index is 1590. The number of nitrogens with one attached hydrogen (secondary N) is 1. The number of fused-ring (bicyclic) bond motifs is 1. The first kappa shape index (κ1) is 34.4. The van der Waals surface area contributed by atoms with Crippen molar-refractivity contribution in [3.05, 3.63) is 89.5 Å². The molecular weight excluding hydrogens is 614 g/mol. The second-order valence-electron chi connectivity index (χ2n) is 9.69. The number of hydrogen-bond acceptors (Lipinski definition) is 7. The zero-order chi connectivity index (χ0) is 33.4. The van der Waals surface area contributed by atoms with Gasteiger partial charge in [0.15, 0.2) is 5.65 Å². The lowest BCUT2D eigenvalue weighted by molar-refractivity contribution is -0.193. The number of hydrogen-bond donors (Lipinski definition) is 3. The molecule has 0 bridgehead atoms. The molecule has 0 saturated carbocycles. The minimum atomic E-state index is -5.08. The van der Waals surface area contributed by atoms with Crippen LogP contribution in [0.1, 0.15) is 39.6 Å². The summed E-state index contributed by atoms with van der Waals surface area (Å²) in [4.78, 5) is 37.2. The van der Waals surface area contributed by atoms with Gasteiger partial charge in [0, 0.05) is 31.4 Å². The van der Waals surface area contributed by atoms with E-state index in [9.17, 15) is 31.1 Å². The molecule has 17 heteroatoms. The maximum absolute atomic E-state index is 12.7. The van der Waals surface area contributed by atoms with Gasteiger partial charge < -0.3 is 15.5 Å². The maximum Gasteiger partial charge on any atom is 0.490 e. The van der Waals surface area contributed by atoms with Crippen molar-refractivity contribution in [1.82, 2.24) is 24.5 Å². The van der Waals surface area contributed by atoms with E-state index >= 15 is 0 Å². The van der Waals surface area contributed by atoms with Gasteiger partial charge in [0.2, 0.25) is 0 Å². The number of benzene rings is 1. The van der Waals surface area contributed by atoms with Gasteiger partial charge in [-0.25, -0.2) is 14.6 Å². The van der Waals surface area contributed by atoms with Gasteiger partial charge in [0.05, 0.1) is 5.56 Å². The molecule has 1 fully saturated rings. The van der Waals surface area contributed by atoms with E-state index in [0.29, 0.717) is 11.4 Å². The second kappa shape index (κ2) is 14.6. The molecule has 1 atom stereocenters. The van der Waals surface area contributed by atoms with Crippen molar-refractivity contribution in [2.45, 2.75) is 38.2 Å². The third-order valence-corrected chi connectivity index (χ3v) is 6.22. The number of carboxylic acid groups (broad SMARTS) is 2. The van der Waals surface area contributed by atoms with Crippen molar-refractivity contribution in [1.29, 1.82) is 0 Å². The van der Waals surface area contributed by atoms with Crippen molar-refractivity contribution in [3.63, 3.8) is 0 Å². The van der Waals surface area contributed by atoms with Gasteiger partial charge in [-0.05, 0) is 49.2 Å². The number of carbonyl (C=O) groups excluding carboxylic acids is 1. The molecule has 1 saturated heterocycles. The van der Waals surface area contributed by atoms with E-state index in [4.69, 9.17) is 19.8 Å². The van der Waals surface area contributed by atoms with Gasteiger partial charge in [-0.2, -0.15) is 26.3 Å². The molecule has 11 nitrogen and oxygen atoms in total. The number of carboxylic acids is 2. The van der Waals surface area contributed by atoms with Crippen LogP contribution in [0.2, 0.25) is 0 Å². The monoisotopic (exact) mass is 640 g/mol. The number of halogens is 6. The summed E-state index contributed by atoms with van der Waals surface area (Å²) in [6.45, 7) is 4.85. The molecule has 1 unspecified atom stereocenters. The molecule has 5 rings (SSSR count). The summed E-state index contributed by atoms with van der Waals surface area (Å²) in [7, 11) is 0. The molecule has 0 radical (unpaired) electrons. The fourth-order valence-electron chi connectivity index (χ4n) is 4.08. The Kier molecular flexibility index (Phi) is 11.2. The summed E-state index contributed by atoms with van der Waals surface area (Å²) >= 11 is 0. The van der Waals surface area contributed by atoms with E-state index in [2.05, 4.69) is 49.7 Å². The highest BCUT2D eigenvalue weighted by molar-refractivity contribution is 6.03. The van der Waals surface area contributed by atoms with Crippen LogP contribution in [0.15, 0.2) is 67.0 Å². The topological polar surface area (TPSA) is 150 Å². The first-order chi connectivity index (χ1) is 21.0. The normalized spacial score (nSPS) is 15.0. The fourth-order valence-corrected chi connectivity index (χ4v) is 4.08. The molecule has 1 aliphatic heterocycles. The summed E-state index contributed by atoms with van der Waals surface area (Å²) in [6, 6.07) is 17.9. The van der Waals surface area contributed by atoms with Gasteiger partial charge in [-0.1, -0.05) is 36.4 Å². The third kappa shape index (κ3) is 10.3. The van der Waals surface area contributed by atoms with Gasteiger partial charge in [-0.15, -0.1) is 10.2 Å². The second-order valence-corrected chi connectivity index (χ2v) is 9.69. The Hall–Kier alpha value is -5.06. The fraction of sp³-hybridized carbons (Fsp3) is 0.286.